The zero-order chi connectivity index (χ0) is 9.54. The molecule has 4 heteroatoms. The lowest BCUT2D eigenvalue weighted by molar-refractivity contribution is 0.0698. The molecule has 2 atom stereocenters. The maximum Gasteiger partial charge on any atom is 0.409 e. The Kier molecular flexibility index (Phi) is 1.90. The number of piperidine rings is 1. The highest BCUT2D eigenvalue weighted by Crippen LogP contribution is 2.48. The molecule has 1 aliphatic carbocycles. The lowest BCUT2D eigenvalue weighted by atomic mass is 10.2. The lowest BCUT2D eigenvalue weighted by Gasteiger charge is -2.26. The maximum atomic E-state index is 11.4. The number of nitrogens with zero attached hydrogens (tertiary/aromatic N) is 1. The van der Waals surface area contributed by atoms with Gasteiger partial charge >= 0.3 is 6.09 Å². The molecule has 4 nitrogen and oxygen atoms in total. The molecule has 78 valence electrons. The van der Waals surface area contributed by atoms with E-state index in [4.69, 9.17) is 4.74 Å². The molecule has 2 unspecified atom stereocenters. The SMILES string of the molecule is O=C1OCCCN1CC1C2CNCC21. The largest absolute Gasteiger partial charge is 0.449 e. The van der Waals surface area contributed by atoms with Gasteiger partial charge in [0, 0.05) is 13.1 Å². The molecule has 0 aromatic rings. The molecule has 1 N–H and O–H groups in total. The van der Waals surface area contributed by atoms with Gasteiger partial charge in [-0.15, -0.1) is 0 Å². The first-order valence-corrected chi connectivity index (χ1v) is 5.48. The third-order valence-electron chi connectivity index (χ3n) is 3.76. The van der Waals surface area contributed by atoms with Crippen LogP contribution in [-0.2, 0) is 4.74 Å². The van der Waals surface area contributed by atoms with E-state index in [1.807, 2.05) is 4.90 Å². The molecule has 3 aliphatic rings. The summed E-state index contributed by atoms with van der Waals surface area (Å²) < 4.78 is 5.01. The number of carbonyl (C=O) groups is 1. The van der Waals surface area contributed by atoms with E-state index in [0.717, 1.165) is 50.4 Å². The molecule has 3 fully saturated rings. The van der Waals surface area contributed by atoms with E-state index in [9.17, 15) is 4.79 Å². The van der Waals surface area contributed by atoms with Crippen LogP contribution in [0.4, 0.5) is 4.79 Å². The van der Waals surface area contributed by atoms with E-state index >= 15 is 0 Å². The van der Waals surface area contributed by atoms with Crippen molar-refractivity contribution in [1.29, 1.82) is 0 Å². The normalized spacial score (nSPS) is 40.7. The monoisotopic (exact) mass is 196 g/mol. The van der Waals surface area contributed by atoms with Crippen molar-refractivity contribution in [3.8, 4) is 0 Å². The Morgan fingerprint density at radius 1 is 1.43 bits per heavy atom. The van der Waals surface area contributed by atoms with Crippen molar-refractivity contribution in [2.75, 3.05) is 32.8 Å². The molecule has 0 spiro atoms. The van der Waals surface area contributed by atoms with Crippen molar-refractivity contribution in [3.05, 3.63) is 0 Å². The first kappa shape index (κ1) is 8.53. The summed E-state index contributed by atoms with van der Waals surface area (Å²) in [6, 6.07) is 0. The minimum absolute atomic E-state index is 0.103. The molecule has 0 radical (unpaired) electrons. The summed E-state index contributed by atoms with van der Waals surface area (Å²) in [5, 5.41) is 3.37. The van der Waals surface area contributed by atoms with Crippen LogP contribution in [0, 0.1) is 17.8 Å². The van der Waals surface area contributed by atoms with Crippen molar-refractivity contribution in [3.63, 3.8) is 0 Å². The number of rotatable bonds is 2. The van der Waals surface area contributed by atoms with Crippen molar-refractivity contribution in [2.45, 2.75) is 6.42 Å². The summed E-state index contributed by atoms with van der Waals surface area (Å²) in [4.78, 5) is 13.2. The molecule has 2 aliphatic heterocycles. The number of ether oxygens (including phenoxy) is 1. The van der Waals surface area contributed by atoms with Crippen LogP contribution in [0.3, 0.4) is 0 Å². The second kappa shape index (κ2) is 3.12. The fraction of sp³-hybridized carbons (Fsp3) is 0.900. The topological polar surface area (TPSA) is 41.6 Å². The maximum absolute atomic E-state index is 11.4. The molecular weight excluding hydrogens is 180 g/mol. The first-order chi connectivity index (χ1) is 6.86. The number of nitrogens with one attached hydrogen (secondary N) is 1. The fourth-order valence-corrected chi connectivity index (χ4v) is 2.84. The number of hydrogen-bond acceptors (Lipinski definition) is 3. The summed E-state index contributed by atoms with van der Waals surface area (Å²) in [5.74, 6) is 2.43. The summed E-state index contributed by atoms with van der Waals surface area (Å²) >= 11 is 0. The minimum atomic E-state index is -0.103. The Labute approximate surface area is 83.6 Å². The molecule has 1 saturated carbocycles. The Balaban J connectivity index is 1.54. The Bertz CT molecular complexity index is 247. The number of cyclic esters (lactones) is 1. The van der Waals surface area contributed by atoms with Crippen molar-refractivity contribution >= 4 is 6.09 Å². The fourth-order valence-electron chi connectivity index (χ4n) is 2.84. The van der Waals surface area contributed by atoms with Gasteiger partial charge in [-0.2, -0.15) is 0 Å². The minimum Gasteiger partial charge on any atom is -0.449 e. The lowest BCUT2D eigenvalue weighted by Crippen LogP contribution is -2.39. The van der Waals surface area contributed by atoms with Crippen LogP contribution in [0.2, 0.25) is 0 Å². The Morgan fingerprint density at radius 3 is 2.93 bits per heavy atom. The molecule has 2 saturated heterocycles. The molecule has 0 bridgehead atoms. The van der Waals surface area contributed by atoms with Gasteiger partial charge in [0.05, 0.1) is 6.61 Å². The van der Waals surface area contributed by atoms with Crippen LogP contribution in [0.25, 0.3) is 0 Å². The van der Waals surface area contributed by atoms with Gasteiger partial charge in [0.2, 0.25) is 0 Å². The second-order valence-electron chi connectivity index (χ2n) is 4.56. The third-order valence-corrected chi connectivity index (χ3v) is 3.76. The molecule has 0 aromatic carbocycles. The summed E-state index contributed by atoms with van der Waals surface area (Å²) in [6.45, 7) is 4.73. The number of fused-ring (bicyclic) bond motifs is 1. The first-order valence-electron chi connectivity index (χ1n) is 5.48. The van der Waals surface area contributed by atoms with Gasteiger partial charge in [0.15, 0.2) is 0 Å². The number of carbonyl (C=O) groups excluding carboxylic acids is 1. The average Bonchev–Trinajstić information content (AvgIpc) is 2.64. The summed E-state index contributed by atoms with van der Waals surface area (Å²) in [6.07, 6.45) is 0.889. The van der Waals surface area contributed by atoms with Crippen LogP contribution in [0.5, 0.6) is 0 Å². The smallest absolute Gasteiger partial charge is 0.409 e. The van der Waals surface area contributed by atoms with E-state index in [0.29, 0.717) is 6.61 Å². The van der Waals surface area contributed by atoms with Gasteiger partial charge in [-0.25, -0.2) is 4.79 Å². The van der Waals surface area contributed by atoms with Crippen LogP contribution in [-0.4, -0.2) is 43.8 Å². The van der Waals surface area contributed by atoms with Gasteiger partial charge in [-0.3, -0.25) is 0 Å². The summed E-state index contributed by atoms with van der Waals surface area (Å²) in [5.41, 5.74) is 0. The molecule has 2 heterocycles. The van der Waals surface area contributed by atoms with Gasteiger partial charge in [-0.05, 0) is 37.3 Å². The predicted octanol–water partition coefficient (Wildman–Crippen LogP) is 0.294. The average molecular weight is 196 g/mol. The standard InChI is InChI=1S/C10H16N2O2/c13-10-12(2-1-3-14-10)6-9-7-4-11-5-8(7)9/h7-9,11H,1-6H2. The van der Waals surface area contributed by atoms with Crippen molar-refractivity contribution in [1.82, 2.24) is 10.2 Å². The molecule has 1 amide bonds. The van der Waals surface area contributed by atoms with Gasteiger partial charge in [-0.1, -0.05) is 0 Å². The van der Waals surface area contributed by atoms with Gasteiger partial charge < -0.3 is 15.0 Å². The van der Waals surface area contributed by atoms with Gasteiger partial charge in [0.25, 0.3) is 0 Å². The zero-order valence-corrected chi connectivity index (χ0v) is 8.24. The highest BCUT2D eigenvalue weighted by molar-refractivity contribution is 5.68. The van der Waals surface area contributed by atoms with Crippen LogP contribution < -0.4 is 5.32 Å². The predicted molar refractivity (Wildman–Crippen MR) is 50.9 cm³/mol. The molecular formula is C10H16N2O2. The quantitative estimate of drug-likeness (QED) is 0.690. The Hall–Kier alpha value is -0.770. The van der Waals surface area contributed by atoms with E-state index < -0.39 is 0 Å². The molecule has 0 aromatic heterocycles. The van der Waals surface area contributed by atoms with E-state index in [1.54, 1.807) is 0 Å². The van der Waals surface area contributed by atoms with Crippen LogP contribution >= 0.6 is 0 Å². The summed E-state index contributed by atoms with van der Waals surface area (Å²) in [7, 11) is 0. The van der Waals surface area contributed by atoms with Crippen molar-refractivity contribution in [2.24, 2.45) is 17.8 Å². The third kappa shape index (κ3) is 1.29. The second-order valence-corrected chi connectivity index (χ2v) is 4.56. The highest BCUT2D eigenvalue weighted by Gasteiger charge is 2.53. The van der Waals surface area contributed by atoms with E-state index in [2.05, 4.69) is 5.32 Å². The number of amides is 1. The molecule has 3 rings (SSSR count). The van der Waals surface area contributed by atoms with Crippen LogP contribution in [0.15, 0.2) is 0 Å². The van der Waals surface area contributed by atoms with E-state index in [-0.39, 0.29) is 6.09 Å². The van der Waals surface area contributed by atoms with Gasteiger partial charge in [0.1, 0.15) is 0 Å². The van der Waals surface area contributed by atoms with E-state index in [1.165, 1.54) is 0 Å². The van der Waals surface area contributed by atoms with Crippen LogP contribution in [0.1, 0.15) is 6.42 Å². The highest BCUT2D eigenvalue weighted by atomic mass is 16.6. The van der Waals surface area contributed by atoms with Crippen molar-refractivity contribution < 1.29 is 9.53 Å². The molecule has 14 heavy (non-hydrogen) atoms. The Morgan fingerprint density at radius 2 is 2.21 bits per heavy atom. The zero-order valence-electron chi connectivity index (χ0n) is 8.24. The number of hydrogen-bond donors (Lipinski definition) is 1.